The fourth-order valence-corrected chi connectivity index (χ4v) is 2.95. The number of unbranched alkanes of at least 4 members (excludes halogenated alkanes) is 13. The lowest BCUT2D eigenvalue weighted by molar-refractivity contribution is -0.149. The molecule has 0 aliphatic carbocycles. The average molecular weight is 342 g/mol. The normalized spacial score (nSPS) is 12.3. The number of ether oxygens (including phenoxy) is 1. The van der Waals surface area contributed by atoms with E-state index in [1.54, 1.807) is 0 Å². The van der Waals surface area contributed by atoms with Crippen LogP contribution in [0.5, 0.6) is 0 Å². The molecule has 0 fully saturated rings. The van der Waals surface area contributed by atoms with Crippen molar-refractivity contribution in [2.45, 2.75) is 123 Å². The first kappa shape index (κ1) is 23.4. The lowest BCUT2D eigenvalue weighted by Gasteiger charge is -2.14. The van der Waals surface area contributed by atoms with Crippen molar-refractivity contribution in [3.8, 4) is 0 Å². The zero-order valence-electron chi connectivity index (χ0n) is 16.7. The lowest BCUT2D eigenvalue weighted by Crippen LogP contribution is -2.31. The molecule has 0 heterocycles. The van der Waals surface area contributed by atoms with E-state index in [1.807, 2.05) is 13.8 Å². The van der Waals surface area contributed by atoms with Gasteiger partial charge in [0.05, 0.1) is 0 Å². The van der Waals surface area contributed by atoms with Crippen LogP contribution in [-0.2, 0) is 9.53 Å². The highest BCUT2D eigenvalue weighted by Crippen LogP contribution is 2.12. The van der Waals surface area contributed by atoms with Gasteiger partial charge < -0.3 is 4.74 Å². The largest absolute Gasteiger partial charge is 0.447 e. The monoisotopic (exact) mass is 341 g/mol. The molecule has 0 amide bonds. The van der Waals surface area contributed by atoms with Crippen LogP contribution in [-0.4, -0.2) is 18.7 Å². The second kappa shape index (κ2) is 18.8. The van der Waals surface area contributed by atoms with E-state index in [2.05, 4.69) is 12.2 Å². The van der Waals surface area contributed by atoms with E-state index in [0.717, 1.165) is 6.54 Å². The van der Waals surface area contributed by atoms with Gasteiger partial charge in [-0.3, -0.25) is 10.1 Å². The molecule has 0 rings (SSSR count). The molecule has 0 radical (unpaired) electrons. The molecule has 0 saturated heterocycles. The molecule has 0 bridgehead atoms. The highest BCUT2D eigenvalue weighted by molar-refractivity contribution is 5.68. The predicted octanol–water partition coefficient (Wildman–Crippen LogP) is 6.36. The van der Waals surface area contributed by atoms with Crippen LogP contribution in [0.1, 0.15) is 117 Å². The van der Waals surface area contributed by atoms with Gasteiger partial charge in [0.15, 0.2) is 6.23 Å². The molecule has 0 spiro atoms. The van der Waals surface area contributed by atoms with Crippen molar-refractivity contribution >= 4 is 5.97 Å². The summed E-state index contributed by atoms with van der Waals surface area (Å²) in [4.78, 5) is 11.1. The fraction of sp³-hybridized carbons (Fsp3) is 0.952. The fourth-order valence-electron chi connectivity index (χ4n) is 2.95. The zero-order valence-corrected chi connectivity index (χ0v) is 16.7. The van der Waals surface area contributed by atoms with Gasteiger partial charge in [0.2, 0.25) is 0 Å². The minimum atomic E-state index is -0.153. The Kier molecular flexibility index (Phi) is 18.3. The number of esters is 1. The molecule has 0 aromatic carbocycles. The summed E-state index contributed by atoms with van der Waals surface area (Å²) < 4.78 is 5.17. The van der Waals surface area contributed by atoms with E-state index in [4.69, 9.17) is 4.74 Å². The third-order valence-electron chi connectivity index (χ3n) is 4.56. The SMILES string of the molecule is CCCCCCCCCCCCCCCCNC(C)OC(=O)CC. The van der Waals surface area contributed by atoms with Crippen molar-refractivity contribution in [3.63, 3.8) is 0 Å². The van der Waals surface area contributed by atoms with E-state index in [-0.39, 0.29) is 12.2 Å². The maximum atomic E-state index is 11.1. The lowest BCUT2D eigenvalue weighted by atomic mass is 10.0. The van der Waals surface area contributed by atoms with Crippen LogP contribution in [0.25, 0.3) is 0 Å². The number of nitrogens with one attached hydrogen (secondary N) is 1. The first-order valence-electron chi connectivity index (χ1n) is 10.6. The summed E-state index contributed by atoms with van der Waals surface area (Å²) in [5.74, 6) is -0.129. The molecule has 3 heteroatoms. The van der Waals surface area contributed by atoms with Crippen LogP contribution in [0.2, 0.25) is 0 Å². The Bertz CT molecular complexity index is 269. The summed E-state index contributed by atoms with van der Waals surface area (Å²) in [6.07, 6.45) is 19.6. The van der Waals surface area contributed by atoms with Gasteiger partial charge in [-0.2, -0.15) is 0 Å². The molecule has 0 aliphatic rings. The summed E-state index contributed by atoms with van der Waals surface area (Å²) >= 11 is 0. The van der Waals surface area contributed by atoms with Crippen molar-refractivity contribution in [2.24, 2.45) is 0 Å². The van der Waals surface area contributed by atoms with Crippen molar-refractivity contribution in [1.29, 1.82) is 0 Å². The average Bonchev–Trinajstić information content (AvgIpc) is 2.58. The Morgan fingerprint density at radius 3 is 1.58 bits per heavy atom. The van der Waals surface area contributed by atoms with Gasteiger partial charge in [-0.25, -0.2) is 0 Å². The maximum Gasteiger partial charge on any atom is 0.307 e. The zero-order chi connectivity index (χ0) is 17.9. The molecule has 1 atom stereocenters. The predicted molar refractivity (Wildman–Crippen MR) is 104 cm³/mol. The third-order valence-corrected chi connectivity index (χ3v) is 4.56. The van der Waals surface area contributed by atoms with Crippen molar-refractivity contribution in [1.82, 2.24) is 5.32 Å². The number of hydrogen-bond acceptors (Lipinski definition) is 3. The van der Waals surface area contributed by atoms with Crippen LogP contribution in [0.4, 0.5) is 0 Å². The van der Waals surface area contributed by atoms with Gasteiger partial charge in [0.25, 0.3) is 0 Å². The number of carbonyl (C=O) groups excluding carboxylic acids is 1. The molecule has 144 valence electrons. The summed E-state index contributed by atoms with van der Waals surface area (Å²) in [7, 11) is 0. The Balaban J connectivity index is 3.11. The molecule has 0 aromatic heterocycles. The minimum Gasteiger partial charge on any atom is -0.447 e. The summed E-state index contributed by atoms with van der Waals surface area (Å²) in [6.45, 7) is 6.94. The third kappa shape index (κ3) is 17.8. The molecule has 1 N–H and O–H groups in total. The van der Waals surface area contributed by atoms with Crippen LogP contribution in [0, 0.1) is 0 Å². The summed E-state index contributed by atoms with van der Waals surface area (Å²) in [5.41, 5.74) is 0. The van der Waals surface area contributed by atoms with E-state index >= 15 is 0 Å². The van der Waals surface area contributed by atoms with Crippen molar-refractivity contribution in [2.75, 3.05) is 6.54 Å². The maximum absolute atomic E-state index is 11.1. The van der Waals surface area contributed by atoms with Crippen molar-refractivity contribution < 1.29 is 9.53 Å². The van der Waals surface area contributed by atoms with Gasteiger partial charge in [0, 0.05) is 6.42 Å². The van der Waals surface area contributed by atoms with E-state index in [0.29, 0.717) is 6.42 Å². The molecule has 24 heavy (non-hydrogen) atoms. The van der Waals surface area contributed by atoms with E-state index in [9.17, 15) is 4.79 Å². The van der Waals surface area contributed by atoms with Crippen LogP contribution in [0.15, 0.2) is 0 Å². The topological polar surface area (TPSA) is 38.3 Å². The van der Waals surface area contributed by atoms with Gasteiger partial charge in [-0.05, 0) is 19.9 Å². The Morgan fingerprint density at radius 2 is 1.17 bits per heavy atom. The second-order valence-electron chi connectivity index (χ2n) is 7.04. The minimum absolute atomic E-state index is 0.129. The second-order valence-corrected chi connectivity index (χ2v) is 7.04. The smallest absolute Gasteiger partial charge is 0.307 e. The highest BCUT2D eigenvalue weighted by Gasteiger charge is 2.05. The van der Waals surface area contributed by atoms with Crippen LogP contribution >= 0.6 is 0 Å². The Labute approximate surface area is 151 Å². The summed E-state index contributed by atoms with van der Waals surface area (Å²) in [6, 6.07) is 0. The number of carbonyl (C=O) groups is 1. The molecule has 0 saturated carbocycles. The molecule has 0 aliphatic heterocycles. The van der Waals surface area contributed by atoms with Gasteiger partial charge >= 0.3 is 5.97 Å². The summed E-state index contributed by atoms with van der Waals surface area (Å²) in [5, 5.41) is 3.25. The van der Waals surface area contributed by atoms with Crippen molar-refractivity contribution in [3.05, 3.63) is 0 Å². The standard InChI is InChI=1S/C21H43NO2/c1-4-6-7-8-9-10-11-12-13-14-15-16-17-18-19-22-20(3)24-21(23)5-2/h20,22H,4-19H2,1-3H3. The Morgan fingerprint density at radius 1 is 0.750 bits per heavy atom. The number of rotatable bonds is 18. The first-order valence-corrected chi connectivity index (χ1v) is 10.6. The molecule has 0 aromatic rings. The van der Waals surface area contributed by atoms with Crippen LogP contribution in [0.3, 0.4) is 0 Å². The molecule has 3 nitrogen and oxygen atoms in total. The Hall–Kier alpha value is -0.570. The highest BCUT2D eigenvalue weighted by atomic mass is 16.6. The van der Waals surface area contributed by atoms with E-state index in [1.165, 1.54) is 89.9 Å². The van der Waals surface area contributed by atoms with Crippen LogP contribution < -0.4 is 5.32 Å². The number of hydrogen-bond donors (Lipinski definition) is 1. The van der Waals surface area contributed by atoms with Gasteiger partial charge in [0.1, 0.15) is 0 Å². The first-order chi connectivity index (χ1) is 11.7. The molecular formula is C21H43NO2. The van der Waals surface area contributed by atoms with Gasteiger partial charge in [-0.15, -0.1) is 0 Å². The molecular weight excluding hydrogens is 298 g/mol. The quantitative estimate of drug-likeness (QED) is 0.179. The van der Waals surface area contributed by atoms with E-state index < -0.39 is 0 Å². The molecule has 1 unspecified atom stereocenters. The van der Waals surface area contributed by atoms with Gasteiger partial charge in [-0.1, -0.05) is 97.3 Å².